The lowest BCUT2D eigenvalue weighted by Crippen LogP contribution is -2.58. The number of aliphatic carboxylic acids is 1. The van der Waals surface area contributed by atoms with Crippen LogP contribution >= 0.6 is 0 Å². The molecule has 2 aromatic rings. The van der Waals surface area contributed by atoms with Gasteiger partial charge in [0.15, 0.2) is 6.04 Å². The Morgan fingerprint density at radius 3 is 2.60 bits per heavy atom. The molecule has 8 N–H and O–H groups in total. The predicted octanol–water partition coefficient (Wildman–Crippen LogP) is -1.54. The summed E-state index contributed by atoms with van der Waals surface area (Å²) in [5.41, 5.74) is 7.18. The summed E-state index contributed by atoms with van der Waals surface area (Å²) < 4.78 is 0. The largest absolute Gasteiger partial charge is 0.480 e. The van der Waals surface area contributed by atoms with E-state index in [1.54, 1.807) is 6.20 Å². The lowest BCUT2D eigenvalue weighted by Gasteiger charge is -2.28. The summed E-state index contributed by atoms with van der Waals surface area (Å²) in [4.78, 5) is 54.6. The number of aliphatic hydroxyl groups excluding tert-OH is 2. The van der Waals surface area contributed by atoms with Gasteiger partial charge in [-0.15, -0.1) is 0 Å². The van der Waals surface area contributed by atoms with Crippen molar-refractivity contribution >= 4 is 34.6 Å². The van der Waals surface area contributed by atoms with Crippen molar-refractivity contribution in [2.75, 3.05) is 13.2 Å². The number of aromatic amines is 1. The normalized spacial score (nSPS) is 19.1. The number of rotatable bonds is 10. The molecule has 2 heterocycles. The van der Waals surface area contributed by atoms with Crippen LogP contribution in [0.1, 0.15) is 25.3 Å². The molecule has 1 aromatic heterocycles. The smallest absolute Gasteiger partial charge is 0.328 e. The number of para-hydroxylation sites is 1. The first kappa shape index (κ1) is 26.1. The van der Waals surface area contributed by atoms with E-state index in [0.29, 0.717) is 18.4 Å². The third-order valence-electron chi connectivity index (χ3n) is 6.13. The molecule has 190 valence electrons. The van der Waals surface area contributed by atoms with Crippen molar-refractivity contribution in [3.8, 4) is 0 Å². The van der Waals surface area contributed by atoms with Crippen LogP contribution in [0.15, 0.2) is 30.5 Å². The average Bonchev–Trinajstić information content (AvgIpc) is 3.48. The van der Waals surface area contributed by atoms with E-state index in [9.17, 15) is 34.5 Å². The Labute approximate surface area is 201 Å². The van der Waals surface area contributed by atoms with E-state index in [4.69, 9.17) is 5.73 Å². The second-order valence-electron chi connectivity index (χ2n) is 8.67. The molecule has 0 spiro atoms. The van der Waals surface area contributed by atoms with Crippen LogP contribution in [0, 0.1) is 0 Å². The van der Waals surface area contributed by atoms with E-state index in [1.165, 1.54) is 11.8 Å². The van der Waals surface area contributed by atoms with E-state index in [0.717, 1.165) is 10.9 Å². The van der Waals surface area contributed by atoms with Crippen molar-refractivity contribution in [2.24, 2.45) is 5.73 Å². The fraction of sp³-hybridized carbons (Fsp3) is 0.478. The molecule has 0 saturated carbocycles. The van der Waals surface area contributed by atoms with Crippen molar-refractivity contribution < 1.29 is 34.5 Å². The van der Waals surface area contributed by atoms with E-state index in [2.05, 4.69) is 15.6 Å². The number of amides is 3. The van der Waals surface area contributed by atoms with Gasteiger partial charge in [-0.3, -0.25) is 14.4 Å². The first-order chi connectivity index (χ1) is 16.6. The Morgan fingerprint density at radius 1 is 1.23 bits per heavy atom. The van der Waals surface area contributed by atoms with Crippen LogP contribution in [-0.2, 0) is 25.6 Å². The van der Waals surface area contributed by atoms with Crippen LogP contribution in [0.25, 0.3) is 10.9 Å². The zero-order valence-electron chi connectivity index (χ0n) is 19.3. The summed E-state index contributed by atoms with van der Waals surface area (Å²) in [5.74, 6) is -3.37. The fourth-order valence-corrected chi connectivity index (χ4v) is 4.23. The molecule has 1 aromatic carbocycles. The molecule has 0 radical (unpaired) electrons. The van der Waals surface area contributed by atoms with Crippen molar-refractivity contribution in [2.45, 2.75) is 56.5 Å². The highest BCUT2D eigenvalue weighted by atomic mass is 16.4. The summed E-state index contributed by atoms with van der Waals surface area (Å²) in [5, 5.41) is 34.1. The number of nitrogens with two attached hydrogens (primary N) is 1. The van der Waals surface area contributed by atoms with Crippen LogP contribution in [-0.4, -0.2) is 92.3 Å². The highest BCUT2D eigenvalue weighted by Gasteiger charge is 2.38. The molecule has 1 saturated heterocycles. The van der Waals surface area contributed by atoms with Crippen LogP contribution in [0.3, 0.4) is 0 Å². The minimum Gasteiger partial charge on any atom is -0.480 e. The van der Waals surface area contributed by atoms with Gasteiger partial charge in [0, 0.05) is 30.1 Å². The Bertz CT molecular complexity index is 1090. The molecule has 3 rings (SSSR count). The number of H-pyrrole nitrogens is 1. The standard InChI is InChI=1S/C23H31N5O7/c1-12(30)19(23(34)35)27-20(31)17(9-13-10-25-16-6-3-2-5-14(13)16)26-21(32)18-7-4-8-28(18)22(33)15(24)11-29/h2-3,5-6,10,12,15,17-19,25,29-30H,4,7-9,11,24H2,1H3,(H,26,32)(H,27,31)(H,34,35). The summed E-state index contributed by atoms with van der Waals surface area (Å²) in [6.07, 6.45) is 1.26. The molecule has 3 amide bonds. The predicted molar refractivity (Wildman–Crippen MR) is 125 cm³/mol. The maximum Gasteiger partial charge on any atom is 0.328 e. The lowest BCUT2D eigenvalue weighted by molar-refractivity contribution is -0.145. The van der Waals surface area contributed by atoms with Gasteiger partial charge in [0.05, 0.1) is 12.7 Å². The zero-order chi connectivity index (χ0) is 25.7. The number of aliphatic hydroxyl groups is 2. The zero-order valence-corrected chi connectivity index (χ0v) is 19.3. The lowest BCUT2D eigenvalue weighted by atomic mass is 10.0. The Kier molecular flexibility index (Phi) is 8.43. The summed E-state index contributed by atoms with van der Waals surface area (Å²) in [6, 6.07) is 2.57. The first-order valence-corrected chi connectivity index (χ1v) is 11.4. The number of hydrogen-bond donors (Lipinski definition) is 7. The van der Waals surface area contributed by atoms with Crippen molar-refractivity contribution in [1.29, 1.82) is 0 Å². The minimum absolute atomic E-state index is 0.0323. The maximum atomic E-state index is 13.2. The fourth-order valence-electron chi connectivity index (χ4n) is 4.23. The van der Waals surface area contributed by atoms with Gasteiger partial charge < -0.3 is 41.6 Å². The van der Waals surface area contributed by atoms with Gasteiger partial charge in [0.1, 0.15) is 18.1 Å². The Morgan fingerprint density at radius 2 is 1.94 bits per heavy atom. The number of carboxylic acids is 1. The van der Waals surface area contributed by atoms with Crippen LogP contribution in [0.2, 0.25) is 0 Å². The number of benzene rings is 1. The number of carbonyl (C=O) groups excluding carboxylic acids is 3. The molecular weight excluding hydrogens is 458 g/mol. The van der Waals surface area contributed by atoms with Gasteiger partial charge >= 0.3 is 5.97 Å². The van der Waals surface area contributed by atoms with Crippen molar-refractivity contribution in [3.63, 3.8) is 0 Å². The molecular formula is C23H31N5O7. The first-order valence-electron chi connectivity index (χ1n) is 11.4. The highest BCUT2D eigenvalue weighted by Crippen LogP contribution is 2.21. The SMILES string of the molecule is CC(O)C(NC(=O)C(Cc1c[nH]c2ccccc12)NC(=O)C1CCCN1C(=O)C(N)CO)C(=O)O. The summed E-state index contributed by atoms with van der Waals surface area (Å²) >= 11 is 0. The second kappa shape index (κ2) is 11.3. The third-order valence-corrected chi connectivity index (χ3v) is 6.13. The number of aromatic nitrogens is 1. The van der Waals surface area contributed by atoms with Gasteiger partial charge in [-0.1, -0.05) is 18.2 Å². The van der Waals surface area contributed by atoms with E-state index in [1.807, 2.05) is 24.3 Å². The van der Waals surface area contributed by atoms with Crippen LogP contribution in [0.4, 0.5) is 0 Å². The number of nitrogens with one attached hydrogen (secondary N) is 3. The number of carboxylic acid groups (broad SMARTS) is 1. The van der Waals surface area contributed by atoms with Crippen LogP contribution < -0.4 is 16.4 Å². The Hall–Kier alpha value is -3.48. The maximum absolute atomic E-state index is 13.2. The topological polar surface area (TPSA) is 198 Å². The second-order valence-corrected chi connectivity index (χ2v) is 8.67. The molecule has 12 nitrogen and oxygen atoms in total. The monoisotopic (exact) mass is 489 g/mol. The Balaban J connectivity index is 1.84. The minimum atomic E-state index is -1.57. The van der Waals surface area contributed by atoms with E-state index in [-0.39, 0.29) is 13.0 Å². The van der Waals surface area contributed by atoms with Crippen molar-refractivity contribution in [3.05, 3.63) is 36.0 Å². The highest BCUT2D eigenvalue weighted by molar-refractivity contribution is 5.95. The molecule has 35 heavy (non-hydrogen) atoms. The molecule has 1 aliphatic heterocycles. The van der Waals surface area contributed by atoms with Gasteiger partial charge in [-0.25, -0.2) is 4.79 Å². The number of nitrogens with zero attached hydrogens (tertiary/aromatic N) is 1. The van der Waals surface area contributed by atoms with Gasteiger partial charge in [-0.05, 0) is 31.4 Å². The number of hydrogen-bond acceptors (Lipinski definition) is 7. The van der Waals surface area contributed by atoms with Crippen molar-refractivity contribution in [1.82, 2.24) is 20.5 Å². The molecule has 5 atom stereocenters. The van der Waals surface area contributed by atoms with Crippen LogP contribution in [0.5, 0.6) is 0 Å². The van der Waals surface area contributed by atoms with E-state index >= 15 is 0 Å². The number of likely N-dealkylation sites (tertiary alicyclic amines) is 1. The third kappa shape index (κ3) is 5.96. The van der Waals surface area contributed by atoms with Gasteiger partial charge in [-0.2, -0.15) is 0 Å². The number of carbonyl (C=O) groups is 4. The van der Waals surface area contributed by atoms with E-state index < -0.39 is 60.6 Å². The molecule has 12 heteroatoms. The quantitative estimate of drug-likeness (QED) is 0.208. The summed E-state index contributed by atoms with van der Waals surface area (Å²) in [7, 11) is 0. The molecule has 0 aliphatic carbocycles. The molecule has 5 unspecified atom stereocenters. The number of fused-ring (bicyclic) bond motifs is 1. The van der Waals surface area contributed by atoms with Gasteiger partial charge in [0.25, 0.3) is 0 Å². The molecule has 1 aliphatic rings. The molecule has 1 fully saturated rings. The summed E-state index contributed by atoms with van der Waals surface area (Å²) in [6.45, 7) is 0.955. The average molecular weight is 490 g/mol. The molecule has 0 bridgehead atoms. The van der Waals surface area contributed by atoms with Gasteiger partial charge in [0.2, 0.25) is 17.7 Å².